The van der Waals surface area contributed by atoms with Crippen LogP contribution >= 0.6 is 11.3 Å². The van der Waals surface area contributed by atoms with Gasteiger partial charge < -0.3 is 9.80 Å². The summed E-state index contributed by atoms with van der Waals surface area (Å²) < 4.78 is 1.37. The molecule has 2 aromatic rings. The van der Waals surface area contributed by atoms with Gasteiger partial charge in [-0.3, -0.25) is 0 Å². The van der Waals surface area contributed by atoms with Gasteiger partial charge >= 0.3 is 0 Å². The van der Waals surface area contributed by atoms with Gasteiger partial charge in [0.15, 0.2) is 0 Å². The molecule has 0 radical (unpaired) electrons. The zero-order valence-electron chi connectivity index (χ0n) is 11.0. The summed E-state index contributed by atoms with van der Waals surface area (Å²) in [5.74, 6) is 1.19. The molecule has 0 aromatic carbocycles. The van der Waals surface area contributed by atoms with Crippen molar-refractivity contribution in [2.45, 2.75) is 13.3 Å². The summed E-state index contributed by atoms with van der Waals surface area (Å²) in [7, 11) is 2.19. The van der Waals surface area contributed by atoms with Gasteiger partial charge in [0, 0.05) is 42.0 Å². The lowest BCUT2D eigenvalue weighted by Gasteiger charge is -2.33. The molecule has 3 rings (SSSR count). The minimum atomic E-state index is 1.01. The number of pyridine rings is 1. The summed E-state index contributed by atoms with van der Waals surface area (Å²) in [4.78, 5) is 9.67. The Morgan fingerprint density at radius 1 is 1.28 bits per heavy atom. The quantitative estimate of drug-likeness (QED) is 0.828. The average Bonchev–Trinajstić information content (AvgIpc) is 2.86. The molecule has 4 heteroatoms. The number of hydrogen-bond acceptors (Lipinski definition) is 4. The molecule has 96 valence electrons. The van der Waals surface area contributed by atoms with Gasteiger partial charge in [-0.05, 0) is 31.0 Å². The maximum Gasteiger partial charge on any atom is 0.137 e. The lowest BCUT2D eigenvalue weighted by atomic mass is 10.2. The largest absolute Gasteiger partial charge is 0.354 e. The van der Waals surface area contributed by atoms with Crippen LogP contribution in [0.25, 0.3) is 10.1 Å². The van der Waals surface area contributed by atoms with Gasteiger partial charge in [0.05, 0.1) is 0 Å². The Bertz CT molecular complexity index is 541. The molecular weight excluding hydrogens is 242 g/mol. The SMILES string of the molecule is CCc1cc2sccc2c(N2CCN(C)CC2)n1. The number of anilines is 1. The number of aromatic nitrogens is 1. The second-order valence-corrected chi connectivity index (χ2v) is 5.86. The van der Waals surface area contributed by atoms with Gasteiger partial charge in [-0.2, -0.15) is 0 Å². The Balaban J connectivity index is 2.01. The Morgan fingerprint density at radius 3 is 2.78 bits per heavy atom. The fraction of sp³-hybridized carbons (Fsp3) is 0.500. The predicted octanol–water partition coefficient (Wildman–Crippen LogP) is 2.61. The van der Waals surface area contributed by atoms with E-state index >= 15 is 0 Å². The van der Waals surface area contributed by atoms with Crippen LogP contribution in [0.1, 0.15) is 12.6 Å². The molecule has 2 aromatic heterocycles. The summed E-state index contributed by atoms with van der Waals surface area (Å²) in [6.45, 7) is 6.60. The van der Waals surface area contributed by atoms with Gasteiger partial charge in [-0.1, -0.05) is 6.92 Å². The highest BCUT2D eigenvalue weighted by Gasteiger charge is 2.18. The Kier molecular flexibility index (Phi) is 3.22. The van der Waals surface area contributed by atoms with Crippen LogP contribution in [-0.2, 0) is 6.42 Å². The Labute approximate surface area is 112 Å². The van der Waals surface area contributed by atoms with Gasteiger partial charge in [-0.15, -0.1) is 11.3 Å². The van der Waals surface area contributed by atoms with Crippen LogP contribution in [0.15, 0.2) is 17.5 Å². The summed E-state index contributed by atoms with van der Waals surface area (Å²) in [5, 5.41) is 3.49. The first-order valence-corrected chi connectivity index (χ1v) is 7.46. The van der Waals surface area contributed by atoms with Crippen LogP contribution in [0, 0.1) is 0 Å². The van der Waals surface area contributed by atoms with Crippen LogP contribution in [0.3, 0.4) is 0 Å². The Hall–Kier alpha value is -1.13. The second kappa shape index (κ2) is 4.86. The zero-order valence-corrected chi connectivity index (χ0v) is 11.8. The number of nitrogens with zero attached hydrogens (tertiary/aromatic N) is 3. The number of piperazine rings is 1. The minimum Gasteiger partial charge on any atom is -0.354 e. The van der Waals surface area contributed by atoms with E-state index in [2.05, 4.69) is 41.3 Å². The number of fused-ring (bicyclic) bond motifs is 1. The van der Waals surface area contributed by atoms with E-state index in [-0.39, 0.29) is 0 Å². The van der Waals surface area contributed by atoms with Crippen LogP contribution in [0.4, 0.5) is 5.82 Å². The van der Waals surface area contributed by atoms with Crippen molar-refractivity contribution in [3.63, 3.8) is 0 Å². The topological polar surface area (TPSA) is 19.4 Å². The number of aryl methyl sites for hydroxylation is 1. The highest BCUT2D eigenvalue weighted by atomic mass is 32.1. The van der Waals surface area contributed by atoms with Crippen molar-refractivity contribution in [3.05, 3.63) is 23.2 Å². The standard InChI is InChI=1S/C14H19N3S/c1-3-11-10-13-12(4-9-18-13)14(15-11)17-7-5-16(2)6-8-17/h4,9-10H,3,5-8H2,1-2H3. The van der Waals surface area contributed by atoms with E-state index in [1.54, 1.807) is 0 Å². The first-order valence-electron chi connectivity index (χ1n) is 6.58. The predicted molar refractivity (Wildman–Crippen MR) is 78.7 cm³/mol. The van der Waals surface area contributed by atoms with E-state index in [0.29, 0.717) is 0 Å². The van der Waals surface area contributed by atoms with E-state index in [9.17, 15) is 0 Å². The van der Waals surface area contributed by atoms with Crippen molar-refractivity contribution >= 4 is 27.2 Å². The first kappa shape index (κ1) is 11.9. The van der Waals surface area contributed by atoms with Gasteiger partial charge in [0.1, 0.15) is 5.82 Å². The molecule has 0 spiro atoms. The molecule has 0 bridgehead atoms. The van der Waals surface area contributed by atoms with E-state index in [0.717, 1.165) is 32.6 Å². The molecule has 3 nitrogen and oxygen atoms in total. The van der Waals surface area contributed by atoms with Crippen molar-refractivity contribution in [2.24, 2.45) is 0 Å². The molecule has 1 aliphatic rings. The molecule has 1 fully saturated rings. The van der Waals surface area contributed by atoms with Gasteiger partial charge in [0.2, 0.25) is 0 Å². The lowest BCUT2D eigenvalue weighted by molar-refractivity contribution is 0.312. The molecule has 0 unspecified atom stereocenters. The third-order valence-electron chi connectivity index (χ3n) is 3.65. The van der Waals surface area contributed by atoms with Crippen molar-refractivity contribution in [1.82, 2.24) is 9.88 Å². The van der Waals surface area contributed by atoms with E-state index in [1.807, 2.05) is 11.3 Å². The number of thiophene rings is 1. The third kappa shape index (κ3) is 2.10. The van der Waals surface area contributed by atoms with Gasteiger partial charge in [0.25, 0.3) is 0 Å². The number of likely N-dealkylation sites (N-methyl/N-ethyl adjacent to an activating group) is 1. The molecular formula is C14H19N3S. The molecule has 0 aliphatic carbocycles. The van der Waals surface area contributed by atoms with E-state index in [4.69, 9.17) is 4.98 Å². The molecule has 0 saturated carbocycles. The summed E-state index contributed by atoms with van der Waals surface area (Å²) in [5.41, 5.74) is 1.21. The summed E-state index contributed by atoms with van der Waals surface area (Å²) in [6.07, 6.45) is 1.01. The zero-order chi connectivity index (χ0) is 12.5. The summed E-state index contributed by atoms with van der Waals surface area (Å²) in [6, 6.07) is 4.44. The Morgan fingerprint density at radius 2 is 2.06 bits per heavy atom. The van der Waals surface area contributed by atoms with Crippen molar-refractivity contribution in [3.8, 4) is 0 Å². The monoisotopic (exact) mass is 261 g/mol. The normalized spacial score (nSPS) is 17.6. The first-order chi connectivity index (χ1) is 8.78. The van der Waals surface area contributed by atoms with Crippen LogP contribution < -0.4 is 4.90 Å². The molecule has 0 N–H and O–H groups in total. The molecule has 3 heterocycles. The molecule has 0 amide bonds. The van der Waals surface area contributed by atoms with Crippen molar-refractivity contribution < 1.29 is 0 Å². The highest BCUT2D eigenvalue weighted by Crippen LogP contribution is 2.30. The molecule has 0 atom stereocenters. The minimum absolute atomic E-state index is 1.01. The van der Waals surface area contributed by atoms with E-state index < -0.39 is 0 Å². The fourth-order valence-corrected chi connectivity index (χ4v) is 3.28. The number of hydrogen-bond donors (Lipinski definition) is 0. The van der Waals surface area contributed by atoms with E-state index in [1.165, 1.54) is 21.6 Å². The number of rotatable bonds is 2. The molecule has 1 aliphatic heterocycles. The summed E-state index contributed by atoms with van der Waals surface area (Å²) >= 11 is 1.82. The van der Waals surface area contributed by atoms with Crippen LogP contribution in [0.5, 0.6) is 0 Å². The third-order valence-corrected chi connectivity index (χ3v) is 4.51. The smallest absolute Gasteiger partial charge is 0.137 e. The maximum absolute atomic E-state index is 4.85. The van der Waals surface area contributed by atoms with Crippen molar-refractivity contribution in [1.29, 1.82) is 0 Å². The van der Waals surface area contributed by atoms with Crippen molar-refractivity contribution in [2.75, 3.05) is 38.1 Å². The highest BCUT2D eigenvalue weighted by molar-refractivity contribution is 7.17. The maximum atomic E-state index is 4.85. The molecule has 18 heavy (non-hydrogen) atoms. The molecule has 1 saturated heterocycles. The van der Waals surface area contributed by atoms with Crippen LogP contribution in [0.2, 0.25) is 0 Å². The fourth-order valence-electron chi connectivity index (χ4n) is 2.44. The average molecular weight is 261 g/mol. The van der Waals surface area contributed by atoms with Crippen LogP contribution in [-0.4, -0.2) is 43.1 Å². The second-order valence-electron chi connectivity index (χ2n) is 4.91. The lowest BCUT2D eigenvalue weighted by Crippen LogP contribution is -2.44. The van der Waals surface area contributed by atoms with Gasteiger partial charge in [-0.25, -0.2) is 4.98 Å².